The Balaban J connectivity index is 0.000000436. The van der Waals surface area contributed by atoms with E-state index in [4.69, 9.17) is 5.73 Å². The van der Waals surface area contributed by atoms with E-state index < -0.39 is 5.54 Å². The van der Waals surface area contributed by atoms with Crippen molar-refractivity contribution in [2.75, 3.05) is 5.32 Å². The number of nitrogens with zero attached hydrogens (tertiary/aromatic N) is 2. The van der Waals surface area contributed by atoms with Crippen LogP contribution in [0.5, 0.6) is 0 Å². The summed E-state index contributed by atoms with van der Waals surface area (Å²) in [4.78, 5) is 18.8. The molecule has 1 aromatic heterocycles. The maximum atomic E-state index is 14.3. The van der Waals surface area contributed by atoms with Gasteiger partial charge in [0.25, 0.3) is 0 Å². The first-order valence-electron chi connectivity index (χ1n) is 9.68. The summed E-state index contributed by atoms with van der Waals surface area (Å²) in [6.45, 7) is 7.51. The quantitative estimate of drug-likeness (QED) is 0.365. The van der Waals surface area contributed by atoms with Crippen LogP contribution in [0.3, 0.4) is 0 Å². The van der Waals surface area contributed by atoms with Crippen LogP contribution < -0.4 is 11.1 Å². The molecule has 0 aliphatic rings. The largest absolute Gasteiger partial charge is 0.387 e. The molecule has 2 rings (SSSR count). The molecule has 5 nitrogen and oxygen atoms in total. The van der Waals surface area contributed by atoms with Gasteiger partial charge in [0.1, 0.15) is 11.6 Å². The van der Waals surface area contributed by atoms with Gasteiger partial charge in [0.15, 0.2) is 0 Å². The smallest absolute Gasteiger partial charge is 0.211 e. The molecule has 3 N–H and O–H groups in total. The number of halogens is 2. The minimum absolute atomic E-state index is 0.243. The number of aryl methyl sites for hydroxylation is 1. The van der Waals surface area contributed by atoms with Crippen molar-refractivity contribution in [2.24, 2.45) is 10.7 Å². The minimum Gasteiger partial charge on any atom is -0.387 e. The number of anilines is 1. The van der Waals surface area contributed by atoms with Crippen molar-refractivity contribution in [3.05, 3.63) is 59.4 Å². The van der Waals surface area contributed by atoms with E-state index in [1.165, 1.54) is 18.2 Å². The van der Waals surface area contributed by atoms with Gasteiger partial charge in [-0.1, -0.05) is 26.7 Å². The summed E-state index contributed by atoms with van der Waals surface area (Å²) in [7, 11) is 0. The fourth-order valence-electron chi connectivity index (χ4n) is 2.73. The second kappa shape index (κ2) is 11.9. The van der Waals surface area contributed by atoms with Gasteiger partial charge < -0.3 is 11.1 Å². The van der Waals surface area contributed by atoms with E-state index in [0.29, 0.717) is 42.0 Å². The zero-order chi connectivity index (χ0) is 21.9. The van der Waals surface area contributed by atoms with Crippen LogP contribution in [0.1, 0.15) is 57.7 Å². The fraction of sp³-hybridized carbons (Fsp3) is 0.409. The molecule has 158 valence electrons. The van der Waals surface area contributed by atoms with Gasteiger partial charge in [-0.2, -0.15) is 0 Å². The lowest BCUT2D eigenvalue weighted by Gasteiger charge is -2.27. The molecule has 0 spiro atoms. The predicted octanol–water partition coefficient (Wildman–Crippen LogP) is 5.10. The van der Waals surface area contributed by atoms with Crippen LogP contribution in [0.2, 0.25) is 0 Å². The molecule has 0 fully saturated rings. The molecule has 0 aliphatic heterocycles. The van der Waals surface area contributed by atoms with E-state index in [1.54, 1.807) is 25.3 Å². The van der Waals surface area contributed by atoms with Crippen molar-refractivity contribution in [3.63, 3.8) is 0 Å². The minimum atomic E-state index is -0.721. The van der Waals surface area contributed by atoms with Crippen LogP contribution in [0, 0.1) is 18.6 Å². The standard InChI is InChI=1S/C16H24FN3O.C6H6FN/c1-4-6-9-16(3,20-15(18)5-2)13-10-12(19-11-21)7-8-14(13)17;1-5-6(7)3-2-4-8-5/h7-8,10-11H,4-6,9H2,1-3H3,(H2,18,20)(H,19,21);2-4H,1H3. The number of amidine groups is 1. The third kappa shape index (κ3) is 7.60. The molecule has 1 amide bonds. The maximum absolute atomic E-state index is 14.3. The van der Waals surface area contributed by atoms with Crippen molar-refractivity contribution in [3.8, 4) is 0 Å². The third-order valence-electron chi connectivity index (χ3n) is 4.48. The van der Waals surface area contributed by atoms with Gasteiger partial charge in [-0.3, -0.25) is 14.8 Å². The molecule has 0 radical (unpaired) electrons. The lowest BCUT2D eigenvalue weighted by molar-refractivity contribution is -0.105. The fourth-order valence-corrected chi connectivity index (χ4v) is 2.73. The summed E-state index contributed by atoms with van der Waals surface area (Å²) in [5.74, 6) is -0.0769. The molecule has 0 bridgehead atoms. The van der Waals surface area contributed by atoms with E-state index in [1.807, 2.05) is 13.8 Å². The Kier molecular flexibility index (Phi) is 9.92. The number of aromatic nitrogens is 1. The second-order valence-electron chi connectivity index (χ2n) is 6.86. The highest BCUT2D eigenvalue weighted by Crippen LogP contribution is 2.34. The van der Waals surface area contributed by atoms with E-state index >= 15 is 0 Å². The Hall–Kier alpha value is -2.83. The zero-order valence-electron chi connectivity index (χ0n) is 17.5. The highest BCUT2D eigenvalue weighted by Gasteiger charge is 2.29. The molecule has 0 aliphatic carbocycles. The molecule has 7 heteroatoms. The highest BCUT2D eigenvalue weighted by molar-refractivity contribution is 5.80. The molecule has 1 atom stereocenters. The van der Waals surface area contributed by atoms with Crippen LogP contribution in [0.15, 0.2) is 41.5 Å². The SMILES string of the molecule is CCCCC(C)(N=C(N)CC)c1cc(NC=O)ccc1F.Cc1ncccc1F. The molecule has 0 saturated heterocycles. The normalized spacial score (nSPS) is 13.1. The molecular weight excluding hydrogens is 374 g/mol. The van der Waals surface area contributed by atoms with Crippen molar-refractivity contribution in [2.45, 2.75) is 58.9 Å². The number of nitrogens with one attached hydrogen (secondary N) is 1. The summed E-state index contributed by atoms with van der Waals surface area (Å²) in [6, 6.07) is 7.47. The Bertz CT molecular complexity index is 805. The third-order valence-corrected chi connectivity index (χ3v) is 4.48. The molecule has 1 heterocycles. The number of rotatable bonds is 8. The first-order chi connectivity index (χ1) is 13.8. The van der Waals surface area contributed by atoms with Gasteiger partial charge in [0, 0.05) is 23.9 Å². The molecule has 2 aromatic rings. The van der Waals surface area contributed by atoms with Crippen LogP contribution in [-0.2, 0) is 10.3 Å². The van der Waals surface area contributed by atoms with E-state index in [0.717, 1.165) is 12.8 Å². The molecule has 1 aromatic carbocycles. The number of benzene rings is 1. The lowest BCUT2D eigenvalue weighted by atomic mass is 9.86. The van der Waals surface area contributed by atoms with E-state index in [9.17, 15) is 13.6 Å². The molecule has 0 saturated carbocycles. The summed E-state index contributed by atoms with van der Waals surface area (Å²) >= 11 is 0. The topological polar surface area (TPSA) is 80.4 Å². The Labute approximate surface area is 171 Å². The Morgan fingerprint density at radius 3 is 2.52 bits per heavy atom. The van der Waals surface area contributed by atoms with Gasteiger partial charge in [0.05, 0.1) is 17.1 Å². The van der Waals surface area contributed by atoms with Crippen molar-refractivity contribution < 1.29 is 13.6 Å². The Morgan fingerprint density at radius 2 is 2.00 bits per heavy atom. The van der Waals surface area contributed by atoms with Gasteiger partial charge in [0.2, 0.25) is 6.41 Å². The summed E-state index contributed by atoms with van der Waals surface area (Å²) < 4.78 is 26.5. The van der Waals surface area contributed by atoms with Gasteiger partial charge >= 0.3 is 0 Å². The first-order valence-corrected chi connectivity index (χ1v) is 9.68. The summed E-state index contributed by atoms with van der Waals surface area (Å²) in [6.07, 6.45) is 5.37. The number of hydrogen-bond donors (Lipinski definition) is 2. The van der Waals surface area contributed by atoms with Crippen LogP contribution >= 0.6 is 0 Å². The van der Waals surface area contributed by atoms with E-state index in [2.05, 4.69) is 22.2 Å². The Morgan fingerprint density at radius 1 is 1.28 bits per heavy atom. The maximum Gasteiger partial charge on any atom is 0.211 e. The van der Waals surface area contributed by atoms with Crippen LogP contribution in [0.4, 0.5) is 14.5 Å². The number of nitrogens with two attached hydrogens (primary N) is 1. The highest BCUT2D eigenvalue weighted by atomic mass is 19.1. The van der Waals surface area contributed by atoms with E-state index in [-0.39, 0.29) is 11.6 Å². The lowest BCUT2D eigenvalue weighted by Crippen LogP contribution is -2.26. The summed E-state index contributed by atoms with van der Waals surface area (Å²) in [5, 5.41) is 2.54. The van der Waals surface area contributed by atoms with Gasteiger partial charge in [-0.15, -0.1) is 0 Å². The van der Waals surface area contributed by atoms with Gasteiger partial charge in [-0.25, -0.2) is 8.78 Å². The number of hydrogen-bond acceptors (Lipinski definition) is 3. The van der Waals surface area contributed by atoms with Crippen molar-refractivity contribution in [1.29, 1.82) is 0 Å². The zero-order valence-corrected chi connectivity index (χ0v) is 17.5. The van der Waals surface area contributed by atoms with Gasteiger partial charge in [-0.05, 0) is 50.6 Å². The number of carbonyl (C=O) groups is 1. The number of amides is 1. The average molecular weight is 405 g/mol. The average Bonchev–Trinajstić information content (AvgIpc) is 2.70. The number of aliphatic imine (C=N–C) groups is 1. The molecule has 29 heavy (non-hydrogen) atoms. The molecule has 1 unspecified atom stereocenters. The van der Waals surface area contributed by atoms with Crippen LogP contribution in [-0.4, -0.2) is 17.2 Å². The molecular formula is C22H30F2N4O. The number of unbranched alkanes of at least 4 members (excludes halogenated alkanes) is 1. The first kappa shape index (κ1) is 24.2. The van der Waals surface area contributed by atoms with Crippen molar-refractivity contribution >= 4 is 17.9 Å². The van der Waals surface area contributed by atoms with Crippen LogP contribution in [0.25, 0.3) is 0 Å². The summed E-state index contributed by atoms with van der Waals surface area (Å²) in [5.41, 5.74) is 6.61. The number of carbonyl (C=O) groups excluding carboxylic acids is 1. The monoisotopic (exact) mass is 404 g/mol. The predicted molar refractivity (Wildman–Crippen MR) is 114 cm³/mol. The van der Waals surface area contributed by atoms with Crippen molar-refractivity contribution in [1.82, 2.24) is 4.98 Å². The number of pyridine rings is 1. The second-order valence-corrected chi connectivity index (χ2v) is 6.86.